The molecule has 3 aromatic carbocycles. The minimum atomic E-state index is -0.257. The second-order valence-electron chi connectivity index (χ2n) is 7.32. The largest absolute Gasteiger partial charge is 0.367 e. The lowest BCUT2D eigenvalue weighted by atomic mass is 10.3. The van der Waals surface area contributed by atoms with E-state index in [4.69, 9.17) is 16.6 Å². The molecule has 0 amide bonds. The summed E-state index contributed by atoms with van der Waals surface area (Å²) in [5.41, 5.74) is 4.44. The third kappa shape index (κ3) is 3.90. The monoisotopic (exact) mass is 431 g/mol. The van der Waals surface area contributed by atoms with Crippen molar-refractivity contribution in [1.82, 2.24) is 19.5 Å². The average molecular weight is 432 g/mol. The van der Waals surface area contributed by atoms with Crippen LogP contribution in [0.25, 0.3) is 28.2 Å². The first-order valence-electron chi connectivity index (χ1n) is 9.83. The Balaban J connectivity index is 1.56. The summed E-state index contributed by atoms with van der Waals surface area (Å²) in [5, 5.41) is 0.673. The van der Waals surface area contributed by atoms with E-state index in [0.29, 0.717) is 17.4 Å². The van der Waals surface area contributed by atoms with Gasteiger partial charge in [0, 0.05) is 29.6 Å². The van der Waals surface area contributed by atoms with Crippen molar-refractivity contribution in [3.05, 3.63) is 95.7 Å². The van der Waals surface area contributed by atoms with Gasteiger partial charge >= 0.3 is 0 Å². The summed E-state index contributed by atoms with van der Waals surface area (Å²) < 4.78 is 15.3. The second-order valence-corrected chi connectivity index (χ2v) is 7.76. The number of aromatic nitrogens is 4. The van der Waals surface area contributed by atoms with Gasteiger partial charge in [0.25, 0.3) is 0 Å². The summed E-state index contributed by atoms with van der Waals surface area (Å²) in [6.45, 7) is 0.522. The summed E-state index contributed by atoms with van der Waals surface area (Å²) in [7, 11) is 1.95. The number of hydrogen-bond donors (Lipinski definition) is 1. The molecule has 0 aliphatic carbocycles. The van der Waals surface area contributed by atoms with Crippen LogP contribution in [0.3, 0.4) is 0 Å². The molecule has 7 heteroatoms. The summed E-state index contributed by atoms with van der Waals surface area (Å²) in [4.78, 5) is 14.9. The normalized spacial score (nSPS) is 11.2. The molecular formula is C24H19ClFN5. The molecule has 0 bridgehead atoms. The van der Waals surface area contributed by atoms with Crippen LogP contribution in [-0.2, 0) is 6.54 Å². The van der Waals surface area contributed by atoms with Gasteiger partial charge in [0.15, 0.2) is 5.82 Å². The van der Waals surface area contributed by atoms with E-state index in [-0.39, 0.29) is 5.82 Å². The van der Waals surface area contributed by atoms with Crippen molar-refractivity contribution in [3.63, 3.8) is 0 Å². The molecule has 5 rings (SSSR count). The van der Waals surface area contributed by atoms with Crippen molar-refractivity contribution < 1.29 is 4.39 Å². The van der Waals surface area contributed by atoms with Crippen LogP contribution in [-0.4, -0.2) is 26.6 Å². The Kier molecular flexibility index (Phi) is 4.92. The van der Waals surface area contributed by atoms with Crippen molar-refractivity contribution >= 4 is 28.3 Å². The van der Waals surface area contributed by atoms with Crippen molar-refractivity contribution in [2.75, 3.05) is 11.9 Å². The molecule has 31 heavy (non-hydrogen) atoms. The van der Waals surface area contributed by atoms with E-state index in [0.717, 1.165) is 33.9 Å². The average Bonchev–Trinajstić information content (AvgIpc) is 3.39. The van der Waals surface area contributed by atoms with Gasteiger partial charge in [-0.25, -0.2) is 14.4 Å². The molecule has 2 aromatic heterocycles. The Labute approximate surface area is 183 Å². The van der Waals surface area contributed by atoms with Gasteiger partial charge in [-0.2, -0.15) is 0 Å². The Bertz CT molecular complexity index is 1310. The smallest absolute Gasteiger partial charge is 0.158 e. The SMILES string of the molecule is CN(Cc1nc(-c2nc3ccccc3[nH]2)cn1-c1ccc(Cl)cc1)c1ccc(F)cc1. The number of H-pyrrole nitrogens is 1. The van der Waals surface area contributed by atoms with E-state index in [9.17, 15) is 4.39 Å². The Morgan fingerprint density at radius 3 is 2.45 bits per heavy atom. The lowest BCUT2D eigenvalue weighted by molar-refractivity contribution is 0.627. The molecule has 0 aliphatic rings. The molecule has 0 spiro atoms. The zero-order chi connectivity index (χ0) is 21.4. The second kappa shape index (κ2) is 7.89. The van der Waals surface area contributed by atoms with E-state index in [2.05, 4.69) is 9.97 Å². The first-order valence-corrected chi connectivity index (χ1v) is 10.2. The number of anilines is 1. The van der Waals surface area contributed by atoms with Crippen LogP contribution in [0.4, 0.5) is 10.1 Å². The van der Waals surface area contributed by atoms with Crippen LogP contribution in [0.15, 0.2) is 79.0 Å². The number of fused-ring (bicyclic) bond motifs is 1. The van der Waals surface area contributed by atoms with E-state index in [1.165, 1.54) is 12.1 Å². The van der Waals surface area contributed by atoms with Crippen molar-refractivity contribution in [1.29, 1.82) is 0 Å². The van der Waals surface area contributed by atoms with Crippen LogP contribution in [0, 0.1) is 5.82 Å². The van der Waals surface area contributed by atoms with Gasteiger partial charge in [-0.3, -0.25) is 0 Å². The van der Waals surface area contributed by atoms with Crippen molar-refractivity contribution in [2.45, 2.75) is 6.54 Å². The lowest BCUT2D eigenvalue weighted by Gasteiger charge is -2.19. The fraction of sp³-hybridized carbons (Fsp3) is 0.0833. The maximum Gasteiger partial charge on any atom is 0.158 e. The Hall–Kier alpha value is -3.64. The molecule has 0 radical (unpaired) electrons. The highest BCUT2D eigenvalue weighted by Gasteiger charge is 2.16. The molecule has 1 N–H and O–H groups in total. The first kappa shape index (κ1) is 19.3. The molecule has 0 aliphatic heterocycles. The predicted octanol–water partition coefficient (Wildman–Crippen LogP) is 5.84. The van der Waals surface area contributed by atoms with Crippen LogP contribution in [0.1, 0.15) is 5.82 Å². The fourth-order valence-electron chi connectivity index (χ4n) is 3.54. The lowest BCUT2D eigenvalue weighted by Crippen LogP contribution is -2.19. The van der Waals surface area contributed by atoms with Gasteiger partial charge in [0.05, 0.1) is 17.6 Å². The summed E-state index contributed by atoms with van der Waals surface area (Å²) >= 11 is 6.08. The molecule has 0 saturated heterocycles. The highest BCUT2D eigenvalue weighted by atomic mass is 35.5. The van der Waals surface area contributed by atoms with Crippen molar-refractivity contribution in [3.8, 4) is 17.2 Å². The standard InChI is InChI=1S/C24H19ClFN5/c1-30(18-12-8-17(26)9-13-18)15-23-27-22(14-31(23)19-10-6-16(25)7-11-19)24-28-20-4-2-3-5-21(20)29-24/h2-14H,15H2,1H3,(H,28,29). The number of nitrogens with zero attached hydrogens (tertiary/aromatic N) is 4. The Morgan fingerprint density at radius 1 is 0.968 bits per heavy atom. The summed E-state index contributed by atoms with van der Waals surface area (Å²) in [6.07, 6.45) is 1.97. The van der Waals surface area contributed by atoms with Gasteiger partial charge in [0.2, 0.25) is 0 Å². The molecule has 5 aromatic rings. The van der Waals surface area contributed by atoms with Gasteiger partial charge in [-0.05, 0) is 60.7 Å². The van der Waals surface area contributed by atoms with Crippen molar-refractivity contribution in [2.24, 2.45) is 0 Å². The number of aromatic amines is 1. The molecule has 5 nitrogen and oxygen atoms in total. The van der Waals surface area contributed by atoms with E-state index in [1.807, 2.05) is 71.2 Å². The zero-order valence-corrected chi connectivity index (χ0v) is 17.5. The number of hydrogen-bond acceptors (Lipinski definition) is 3. The minimum absolute atomic E-state index is 0.257. The maximum atomic E-state index is 13.3. The number of rotatable bonds is 5. The molecule has 2 heterocycles. The molecule has 0 unspecified atom stereocenters. The van der Waals surface area contributed by atoms with E-state index < -0.39 is 0 Å². The van der Waals surface area contributed by atoms with Crippen LogP contribution < -0.4 is 4.90 Å². The minimum Gasteiger partial charge on any atom is -0.367 e. The molecule has 0 saturated carbocycles. The number of nitrogens with one attached hydrogen (secondary N) is 1. The summed E-state index contributed by atoms with van der Waals surface area (Å²) in [5.74, 6) is 1.27. The Morgan fingerprint density at radius 2 is 1.71 bits per heavy atom. The van der Waals surface area contributed by atoms with Crippen LogP contribution in [0.5, 0.6) is 0 Å². The number of benzene rings is 3. The van der Waals surface area contributed by atoms with Gasteiger partial charge < -0.3 is 14.5 Å². The zero-order valence-electron chi connectivity index (χ0n) is 16.8. The quantitative estimate of drug-likeness (QED) is 0.380. The van der Waals surface area contributed by atoms with Gasteiger partial charge in [-0.1, -0.05) is 23.7 Å². The predicted molar refractivity (Wildman–Crippen MR) is 122 cm³/mol. The van der Waals surface area contributed by atoms with Crippen LogP contribution in [0.2, 0.25) is 5.02 Å². The van der Waals surface area contributed by atoms with Gasteiger partial charge in [-0.15, -0.1) is 0 Å². The van der Waals surface area contributed by atoms with Gasteiger partial charge in [0.1, 0.15) is 17.3 Å². The first-order chi connectivity index (χ1) is 15.1. The molecule has 154 valence electrons. The van der Waals surface area contributed by atoms with Crippen LogP contribution >= 0.6 is 11.6 Å². The highest BCUT2D eigenvalue weighted by Crippen LogP contribution is 2.25. The van der Waals surface area contributed by atoms with E-state index >= 15 is 0 Å². The summed E-state index contributed by atoms with van der Waals surface area (Å²) in [6, 6.07) is 21.9. The fourth-order valence-corrected chi connectivity index (χ4v) is 3.67. The number of imidazole rings is 2. The van der Waals surface area contributed by atoms with E-state index in [1.54, 1.807) is 12.1 Å². The topological polar surface area (TPSA) is 49.7 Å². The third-order valence-corrected chi connectivity index (χ3v) is 5.41. The third-order valence-electron chi connectivity index (χ3n) is 5.16. The number of para-hydroxylation sites is 2. The molecular weight excluding hydrogens is 413 g/mol. The maximum absolute atomic E-state index is 13.3. The molecule has 0 atom stereocenters. The number of halogens is 2. The molecule has 0 fully saturated rings. The highest BCUT2D eigenvalue weighted by molar-refractivity contribution is 6.30.